The Morgan fingerprint density at radius 1 is 1.06 bits per heavy atom. The van der Waals surface area contributed by atoms with Crippen LogP contribution >= 0.6 is 11.6 Å². The Kier molecular flexibility index (Phi) is 5.24. The fourth-order valence-corrected chi connectivity index (χ4v) is 3.82. The fraction of sp³-hybridized carbons (Fsp3) is 0.190. The quantitative estimate of drug-likeness (QED) is 0.473. The zero-order valence-electron chi connectivity index (χ0n) is 17.3. The van der Waals surface area contributed by atoms with E-state index in [1.165, 1.54) is 12.3 Å². The van der Waals surface area contributed by atoms with Crippen molar-refractivity contribution in [1.82, 2.24) is 29.7 Å². The number of alkyl halides is 3. The lowest BCUT2D eigenvalue weighted by Gasteiger charge is -2.19. The highest BCUT2D eigenvalue weighted by Crippen LogP contribution is 2.34. The van der Waals surface area contributed by atoms with Crippen molar-refractivity contribution < 1.29 is 18.0 Å². The van der Waals surface area contributed by atoms with Crippen LogP contribution in [0.4, 0.5) is 18.9 Å². The molecule has 4 heterocycles. The highest BCUT2D eigenvalue weighted by Gasteiger charge is 2.32. The number of nitrogens with one attached hydrogen (secondary N) is 1. The molecule has 0 unspecified atom stereocenters. The van der Waals surface area contributed by atoms with Crippen LogP contribution in [0.5, 0.6) is 0 Å². The molecule has 4 aromatic rings. The lowest BCUT2D eigenvalue weighted by atomic mass is 10.1. The molecule has 1 amide bonds. The number of hydrogen-bond acceptors (Lipinski definition) is 6. The molecule has 1 saturated heterocycles. The normalized spacial score (nSPS) is 14.1. The highest BCUT2D eigenvalue weighted by molar-refractivity contribution is 6.30. The van der Waals surface area contributed by atoms with Crippen molar-refractivity contribution in [1.29, 1.82) is 0 Å². The second kappa shape index (κ2) is 8.13. The number of anilines is 1. The van der Waals surface area contributed by atoms with E-state index in [1.807, 2.05) is 0 Å². The largest absolute Gasteiger partial charge is 0.433 e. The van der Waals surface area contributed by atoms with Crippen LogP contribution in [0.3, 0.4) is 0 Å². The Bertz CT molecular complexity index is 1450. The van der Waals surface area contributed by atoms with E-state index in [0.717, 1.165) is 27.0 Å². The first-order valence-electron chi connectivity index (χ1n) is 9.99. The van der Waals surface area contributed by atoms with E-state index in [2.05, 4.69) is 20.5 Å². The zero-order chi connectivity index (χ0) is 24.0. The average molecular weight is 490 g/mol. The van der Waals surface area contributed by atoms with E-state index in [4.69, 9.17) is 11.6 Å². The number of hydrogen-bond donors (Lipinski definition) is 1. The third-order valence-electron chi connectivity index (χ3n) is 5.31. The molecule has 0 radical (unpaired) electrons. The maximum atomic E-state index is 13.0. The van der Waals surface area contributed by atoms with Crippen LogP contribution in [0.15, 0.2) is 53.6 Å². The maximum Gasteiger partial charge on any atom is 0.433 e. The molecule has 0 saturated carbocycles. The lowest BCUT2D eigenvalue weighted by molar-refractivity contribution is -0.141. The Morgan fingerprint density at radius 2 is 1.82 bits per heavy atom. The summed E-state index contributed by atoms with van der Waals surface area (Å²) in [4.78, 5) is 30.0. The molecule has 0 aliphatic carbocycles. The molecule has 5 rings (SSSR count). The highest BCUT2D eigenvalue weighted by atomic mass is 35.5. The topological polar surface area (TPSA) is 97.4 Å². The minimum absolute atomic E-state index is 0.0597. The van der Waals surface area contributed by atoms with E-state index in [0.29, 0.717) is 21.8 Å². The SMILES string of the molecule is O=C1CN(c2c(-c3ccc(Cl)cc3)cnn3c(=O)n(Cc4ccc(C(F)(F)F)nc4)nc23)CN1. The summed E-state index contributed by atoms with van der Waals surface area (Å²) in [5.41, 5.74) is 0.845. The summed E-state index contributed by atoms with van der Waals surface area (Å²) in [6, 6.07) is 9.07. The van der Waals surface area contributed by atoms with Crippen LogP contribution in [0.1, 0.15) is 11.3 Å². The van der Waals surface area contributed by atoms with Gasteiger partial charge in [0.25, 0.3) is 0 Å². The van der Waals surface area contributed by atoms with Gasteiger partial charge in [0.1, 0.15) is 5.69 Å². The van der Waals surface area contributed by atoms with Crippen molar-refractivity contribution in [3.8, 4) is 11.1 Å². The van der Waals surface area contributed by atoms with Gasteiger partial charge < -0.3 is 10.2 Å². The molecule has 0 spiro atoms. The number of nitrogens with zero attached hydrogens (tertiary/aromatic N) is 6. The van der Waals surface area contributed by atoms with Gasteiger partial charge >= 0.3 is 11.9 Å². The molecule has 174 valence electrons. The van der Waals surface area contributed by atoms with Gasteiger partial charge in [-0.05, 0) is 29.3 Å². The fourth-order valence-electron chi connectivity index (χ4n) is 3.69. The maximum absolute atomic E-state index is 13.0. The van der Waals surface area contributed by atoms with Crippen molar-refractivity contribution >= 4 is 28.8 Å². The van der Waals surface area contributed by atoms with Crippen molar-refractivity contribution in [2.45, 2.75) is 12.7 Å². The van der Waals surface area contributed by atoms with Gasteiger partial charge in [-0.15, -0.1) is 5.10 Å². The van der Waals surface area contributed by atoms with E-state index in [-0.39, 0.29) is 31.3 Å². The first-order valence-corrected chi connectivity index (χ1v) is 10.4. The molecule has 13 heteroatoms. The summed E-state index contributed by atoms with van der Waals surface area (Å²) in [6.45, 7) is 0.160. The number of rotatable bonds is 4. The molecule has 1 fully saturated rings. The van der Waals surface area contributed by atoms with Crippen molar-refractivity contribution in [3.63, 3.8) is 0 Å². The smallest absolute Gasteiger partial charge is 0.341 e. The van der Waals surface area contributed by atoms with Gasteiger partial charge in [0.15, 0.2) is 0 Å². The molecule has 1 N–H and O–H groups in total. The number of fused-ring (bicyclic) bond motifs is 1. The molecular weight excluding hydrogens is 475 g/mol. The molecule has 9 nitrogen and oxygen atoms in total. The minimum Gasteiger partial charge on any atom is -0.341 e. The van der Waals surface area contributed by atoms with Gasteiger partial charge in [0, 0.05) is 16.8 Å². The van der Waals surface area contributed by atoms with Crippen LogP contribution in [0, 0.1) is 0 Å². The van der Waals surface area contributed by atoms with Crippen molar-refractivity contribution in [3.05, 3.63) is 75.6 Å². The summed E-state index contributed by atoms with van der Waals surface area (Å²) in [5.74, 6) is -0.186. The Balaban J connectivity index is 1.61. The van der Waals surface area contributed by atoms with E-state index in [9.17, 15) is 22.8 Å². The second-order valence-electron chi connectivity index (χ2n) is 7.59. The second-order valence-corrected chi connectivity index (χ2v) is 8.03. The third-order valence-corrected chi connectivity index (χ3v) is 5.56. The number of pyridine rings is 1. The van der Waals surface area contributed by atoms with Gasteiger partial charge in [0.05, 0.1) is 31.6 Å². The molecule has 1 aliphatic rings. The number of carbonyl (C=O) groups is 1. The van der Waals surface area contributed by atoms with Gasteiger partial charge in [-0.2, -0.15) is 22.8 Å². The molecule has 1 aromatic carbocycles. The first kappa shape index (κ1) is 21.9. The Hall–Kier alpha value is -3.93. The zero-order valence-corrected chi connectivity index (χ0v) is 18.0. The lowest BCUT2D eigenvalue weighted by Crippen LogP contribution is -2.25. The standard InChI is InChI=1S/C21H15ClF3N7O2/c22-14-4-2-13(3-5-14)15-8-28-32-19(18(15)30-10-17(33)27-11-30)29-31(20(32)34)9-12-1-6-16(26-7-12)21(23,24)25/h1-8H,9-11H2,(H,27,33). The minimum atomic E-state index is -4.56. The summed E-state index contributed by atoms with van der Waals surface area (Å²) in [5, 5.41) is 11.9. The van der Waals surface area contributed by atoms with Crippen LogP contribution in [-0.2, 0) is 17.5 Å². The predicted molar refractivity (Wildman–Crippen MR) is 116 cm³/mol. The Morgan fingerprint density at radius 3 is 2.44 bits per heavy atom. The van der Waals surface area contributed by atoms with Gasteiger partial charge in [-0.3, -0.25) is 9.78 Å². The first-order chi connectivity index (χ1) is 16.2. The monoisotopic (exact) mass is 489 g/mol. The summed E-state index contributed by atoms with van der Waals surface area (Å²) < 4.78 is 40.5. The number of aromatic nitrogens is 5. The molecule has 0 atom stereocenters. The predicted octanol–water partition coefficient (Wildman–Crippen LogP) is 2.57. The summed E-state index contributed by atoms with van der Waals surface area (Å²) in [7, 11) is 0. The number of benzene rings is 1. The molecule has 0 bridgehead atoms. The van der Waals surface area contributed by atoms with E-state index in [1.54, 1.807) is 29.2 Å². The number of carbonyl (C=O) groups excluding carboxylic acids is 1. The van der Waals surface area contributed by atoms with Crippen LogP contribution in [0.2, 0.25) is 5.02 Å². The van der Waals surface area contributed by atoms with Gasteiger partial charge in [-0.1, -0.05) is 29.8 Å². The third kappa shape index (κ3) is 3.96. The van der Waals surface area contributed by atoms with Crippen LogP contribution < -0.4 is 15.9 Å². The summed E-state index contributed by atoms with van der Waals surface area (Å²) in [6.07, 6.45) is -2.01. The number of amides is 1. The van der Waals surface area contributed by atoms with Gasteiger partial charge in [0.2, 0.25) is 11.6 Å². The number of halogens is 4. The Labute approximate surface area is 194 Å². The van der Waals surface area contributed by atoms with Crippen LogP contribution in [-0.4, -0.2) is 43.5 Å². The van der Waals surface area contributed by atoms with E-state index < -0.39 is 17.6 Å². The van der Waals surface area contributed by atoms with Gasteiger partial charge in [-0.25, -0.2) is 9.48 Å². The molecule has 34 heavy (non-hydrogen) atoms. The summed E-state index contributed by atoms with van der Waals surface area (Å²) >= 11 is 6.01. The molecule has 3 aromatic heterocycles. The van der Waals surface area contributed by atoms with Crippen molar-refractivity contribution in [2.75, 3.05) is 18.1 Å². The van der Waals surface area contributed by atoms with Crippen molar-refractivity contribution in [2.24, 2.45) is 0 Å². The van der Waals surface area contributed by atoms with Crippen LogP contribution in [0.25, 0.3) is 16.8 Å². The molecule has 1 aliphatic heterocycles. The average Bonchev–Trinajstić information content (AvgIpc) is 3.37. The molecular formula is C21H15ClF3N7O2. The van der Waals surface area contributed by atoms with E-state index >= 15 is 0 Å².